The van der Waals surface area contributed by atoms with Gasteiger partial charge in [0.2, 0.25) is 0 Å². The van der Waals surface area contributed by atoms with Crippen molar-refractivity contribution in [2.24, 2.45) is 0 Å². The van der Waals surface area contributed by atoms with Crippen molar-refractivity contribution < 1.29 is 9.53 Å². The van der Waals surface area contributed by atoms with Gasteiger partial charge < -0.3 is 4.74 Å². The number of carbonyl (C=O) groups excluding carboxylic acids is 1. The molecular formula is C9H15BrO2. The molecule has 0 aliphatic rings. The van der Waals surface area contributed by atoms with E-state index in [0.717, 1.165) is 24.6 Å². The number of carbonyl (C=O) groups is 1. The predicted molar refractivity (Wildman–Crippen MR) is 53.4 cm³/mol. The first kappa shape index (κ1) is 11.7. The molecule has 0 atom stereocenters. The average Bonchev–Trinajstić information content (AvgIpc) is 2.02. The van der Waals surface area contributed by atoms with E-state index < -0.39 is 0 Å². The quantitative estimate of drug-likeness (QED) is 0.306. The van der Waals surface area contributed by atoms with Gasteiger partial charge in [0.25, 0.3) is 0 Å². The predicted octanol–water partition coefficient (Wildman–Crippen LogP) is 2.67. The van der Waals surface area contributed by atoms with Crippen LogP contribution in [-0.2, 0) is 9.53 Å². The standard InChI is InChI=1S/C9H15BrO2/c1-9(11)12-8-6-4-2-3-5-7-10/h2-3H,4-8H2,1H3/b3-2+. The Morgan fingerprint density at radius 3 is 2.67 bits per heavy atom. The molecule has 70 valence electrons. The van der Waals surface area contributed by atoms with Gasteiger partial charge in [-0.25, -0.2) is 0 Å². The number of esters is 1. The Morgan fingerprint density at radius 1 is 1.42 bits per heavy atom. The molecule has 0 saturated carbocycles. The molecule has 0 radical (unpaired) electrons. The zero-order valence-corrected chi connectivity index (χ0v) is 8.97. The van der Waals surface area contributed by atoms with Crippen molar-refractivity contribution in [1.29, 1.82) is 0 Å². The molecule has 0 bridgehead atoms. The van der Waals surface area contributed by atoms with Crippen LogP contribution in [0.4, 0.5) is 0 Å². The summed E-state index contributed by atoms with van der Waals surface area (Å²) in [7, 11) is 0. The van der Waals surface area contributed by atoms with Gasteiger partial charge in [-0.15, -0.1) is 0 Å². The number of halogens is 1. The summed E-state index contributed by atoms with van der Waals surface area (Å²) >= 11 is 3.33. The summed E-state index contributed by atoms with van der Waals surface area (Å²) in [5, 5.41) is 1.01. The Labute approximate surface area is 82.1 Å². The molecule has 0 amide bonds. The van der Waals surface area contributed by atoms with Gasteiger partial charge in [0.1, 0.15) is 0 Å². The maximum absolute atomic E-state index is 10.3. The summed E-state index contributed by atoms with van der Waals surface area (Å²) in [4.78, 5) is 10.3. The molecule has 0 aromatic carbocycles. The molecule has 0 aliphatic carbocycles. The smallest absolute Gasteiger partial charge is 0.302 e. The molecule has 2 nitrogen and oxygen atoms in total. The van der Waals surface area contributed by atoms with Crippen molar-refractivity contribution >= 4 is 21.9 Å². The number of hydrogen-bond acceptors (Lipinski definition) is 2. The first-order valence-electron chi connectivity index (χ1n) is 4.11. The highest BCUT2D eigenvalue weighted by Crippen LogP contribution is 1.95. The van der Waals surface area contributed by atoms with Gasteiger partial charge in [0.05, 0.1) is 6.61 Å². The van der Waals surface area contributed by atoms with E-state index in [1.54, 1.807) is 0 Å². The van der Waals surface area contributed by atoms with E-state index in [1.807, 2.05) is 0 Å². The minimum atomic E-state index is -0.195. The number of ether oxygens (including phenoxy) is 1. The van der Waals surface area contributed by atoms with E-state index in [2.05, 4.69) is 28.1 Å². The van der Waals surface area contributed by atoms with Crippen molar-refractivity contribution in [3.63, 3.8) is 0 Å². The second-order valence-corrected chi connectivity index (χ2v) is 3.22. The van der Waals surface area contributed by atoms with Gasteiger partial charge in [-0.2, -0.15) is 0 Å². The summed E-state index contributed by atoms with van der Waals surface area (Å²) in [6.45, 7) is 1.97. The molecule has 0 spiro atoms. The van der Waals surface area contributed by atoms with Crippen molar-refractivity contribution in [1.82, 2.24) is 0 Å². The Balaban J connectivity index is 3.05. The van der Waals surface area contributed by atoms with Gasteiger partial charge in [-0.05, 0) is 19.3 Å². The highest BCUT2D eigenvalue weighted by Gasteiger charge is 1.89. The summed E-state index contributed by atoms with van der Waals surface area (Å²) < 4.78 is 4.77. The van der Waals surface area contributed by atoms with Crippen LogP contribution in [0.15, 0.2) is 12.2 Å². The van der Waals surface area contributed by atoms with Gasteiger partial charge in [-0.1, -0.05) is 28.1 Å². The van der Waals surface area contributed by atoms with Crippen molar-refractivity contribution in [3.05, 3.63) is 12.2 Å². The molecule has 0 rings (SSSR count). The first-order valence-corrected chi connectivity index (χ1v) is 5.24. The molecule has 0 aromatic rings. The number of hydrogen-bond donors (Lipinski definition) is 0. The fraction of sp³-hybridized carbons (Fsp3) is 0.667. The molecule has 0 aliphatic heterocycles. The second kappa shape index (κ2) is 8.78. The highest BCUT2D eigenvalue weighted by molar-refractivity contribution is 9.09. The van der Waals surface area contributed by atoms with Crippen LogP contribution in [0.1, 0.15) is 26.2 Å². The van der Waals surface area contributed by atoms with Gasteiger partial charge in [-0.3, -0.25) is 4.79 Å². The Kier molecular flexibility index (Phi) is 8.56. The summed E-state index contributed by atoms with van der Waals surface area (Å²) in [6, 6.07) is 0. The molecule has 0 heterocycles. The lowest BCUT2D eigenvalue weighted by Crippen LogP contribution is -1.99. The Bertz CT molecular complexity index is 143. The van der Waals surface area contributed by atoms with Crippen LogP contribution in [0.2, 0.25) is 0 Å². The van der Waals surface area contributed by atoms with E-state index in [4.69, 9.17) is 4.74 Å². The maximum Gasteiger partial charge on any atom is 0.302 e. The third-order valence-electron chi connectivity index (χ3n) is 1.26. The molecule has 0 saturated heterocycles. The molecular weight excluding hydrogens is 220 g/mol. The zero-order chi connectivity index (χ0) is 9.23. The fourth-order valence-electron chi connectivity index (χ4n) is 0.716. The van der Waals surface area contributed by atoms with Crippen LogP contribution in [-0.4, -0.2) is 17.9 Å². The summed E-state index contributed by atoms with van der Waals surface area (Å²) in [5.74, 6) is -0.195. The number of rotatable bonds is 6. The highest BCUT2D eigenvalue weighted by atomic mass is 79.9. The minimum Gasteiger partial charge on any atom is -0.466 e. The van der Waals surface area contributed by atoms with Crippen molar-refractivity contribution in [2.45, 2.75) is 26.2 Å². The lowest BCUT2D eigenvalue weighted by atomic mass is 10.3. The van der Waals surface area contributed by atoms with E-state index in [1.165, 1.54) is 6.92 Å². The molecule has 0 fully saturated rings. The van der Waals surface area contributed by atoms with Crippen molar-refractivity contribution in [3.8, 4) is 0 Å². The average molecular weight is 235 g/mol. The largest absolute Gasteiger partial charge is 0.466 e. The number of allylic oxidation sites excluding steroid dienone is 2. The van der Waals surface area contributed by atoms with Gasteiger partial charge in [0, 0.05) is 12.3 Å². The van der Waals surface area contributed by atoms with E-state index in [-0.39, 0.29) is 5.97 Å². The topological polar surface area (TPSA) is 26.3 Å². The lowest BCUT2D eigenvalue weighted by Gasteiger charge is -1.97. The number of alkyl halides is 1. The molecule has 12 heavy (non-hydrogen) atoms. The van der Waals surface area contributed by atoms with Crippen LogP contribution in [0.25, 0.3) is 0 Å². The maximum atomic E-state index is 10.3. The number of unbranched alkanes of at least 4 members (excludes halogenated alkanes) is 1. The first-order chi connectivity index (χ1) is 5.77. The van der Waals surface area contributed by atoms with Crippen LogP contribution >= 0.6 is 15.9 Å². The van der Waals surface area contributed by atoms with E-state index >= 15 is 0 Å². The lowest BCUT2D eigenvalue weighted by molar-refractivity contribution is -0.141. The molecule has 0 unspecified atom stereocenters. The van der Waals surface area contributed by atoms with E-state index in [0.29, 0.717) is 6.61 Å². The van der Waals surface area contributed by atoms with Crippen LogP contribution in [0, 0.1) is 0 Å². The zero-order valence-electron chi connectivity index (χ0n) is 7.38. The third kappa shape index (κ3) is 9.69. The van der Waals surface area contributed by atoms with E-state index in [9.17, 15) is 4.79 Å². The Morgan fingerprint density at radius 2 is 2.08 bits per heavy atom. The molecule has 0 aromatic heterocycles. The monoisotopic (exact) mass is 234 g/mol. The Hall–Kier alpha value is -0.310. The summed E-state index contributed by atoms with van der Waals surface area (Å²) in [5.41, 5.74) is 0. The van der Waals surface area contributed by atoms with Crippen LogP contribution in [0.5, 0.6) is 0 Å². The van der Waals surface area contributed by atoms with Gasteiger partial charge in [0.15, 0.2) is 0 Å². The van der Waals surface area contributed by atoms with Crippen LogP contribution < -0.4 is 0 Å². The van der Waals surface area contributed by atoms with Crippen LogP contribution in [0.3, 0.4) is 0 Å². The van der Waals surface area contributed by atoms with Gasteiger partial charge >= 0.3 is 5.97 Å². The SMILES string of the molecule is CC(=O)OCCC/C=C/CCBr. The second-order valence-electron chi connectivity index (χ2n) is 2.43. The molecule has 3 heteroatoms. The fourth-order valence-corrected chi connectivity index (χ4v) is 0.980. The third-order valence-corrected chi connectivity index (χ3v) is 1.72. The molecule has 0 N–H and O–H groups in total. The normalized spacial score (nSPS) is 10.5. The minimum absolute atomic E-state index is 0.195. The summed E-state index contributed by atoms with van der Waals surface area (Å²) in [6.07, 6.45) is 7.21. The van der Waals surface area contributed by atoms with Crippen molar-refractivity contribution in [2.75, 3.05) is 11.9 Å².